The minimum absolute atomic E-state index is 0.112. The number of hydrogen-bond donors (Lipinski definition) is 2. The number of carbonyl (C=O) groups is 1. The second kappa shape index (κ2) is 7.13. The van der Waals surface area contributed by atoms with Crippen LogP contribution in [0.1, 0.15) is 36.0 Å². The molecule has 3 N–H and O–H groups in total. The summed E-state index contributed by atoms with van der Waals surface area (Å²) in [5, 5.41) is 3.06. The molecule has 1 amide bonds. The second-order valence-electron chi connectivity index (χ2n) is 5.28. The zero-order valence-corrected chi connectivity index (χ0v) is 13.9. The van der Waals surface area contributed by atoms with Crippen LogP contribution in [0.25, 0.3) is 0 Å². The predicted octanol–water partition coefficient (Wildman–Crippen LogP) is 2.47. The molecule has 1 aliphatic rings. The monoisotopic (exact) mass is 356 g/mol. The Morgan fingerprint density at radius 2 is 1.71 bits per heavy atom. The third-order valence-corrected chi connectivity index (χ3v) is 4.60. The average molecular weight is 357 g/mol. The van der Waals surface area contributed by atoms with Crippen LogP contribution in [0, 0.1) is 0 Å². The van der Waals surface area contributed by atoms with Gasteiger partial charge in [-0.05, 0) is 53.7 Å². The maximum Gasteiger partial charge on any atom is 0.251 e. The third-order valence-electron chi connectivity index (χ3n) is 3.81. The van der Waals surface area contributed by atoms with Crippen LogP contribution >= 0.6 is 15.9 Å². The van der Waals surface area contributed by atoms with Gasteiger partial charge >= 0.3 is 0 Å². The van der Waals surface area contributed by atoms with Gasteiger partial charge in [-0.2, -0.15) is 0 Å². The van der Waals surface area contributed by atoms with Crippen LogP contribution in [0.15, 0.2) is 16.6 Å². The third kappa shape index (κ3) is 3.89. The predicted molar refractivity (Wildman–Crippen MR) is 84.9 cm³/mol. The summed E-state index contributed by atoms with van der Waals surface area (Å²) in [4.78, 5) is 12.4. The van der Waals surface area contributed by atoms with Crippen molar-refractivity contribution in [1.29, 1.82) is 0 Å². The first-order chi connectivity index (χ1) is 10.0. The van der Waals surface area contributed by atoms with Gasteiger partial charge in [-0.3, -0.25) is 4.79 Å². The lowest BCUT2D eigenvalue weighted by atomic mass is 9.91. The second-order valence-corrected chi connectivity index (χ2v) is 6.07. The molecule has 0 heterocycles. The van der Waals surface area contributed by atoms with Gasteiger partial charge in [0.25, 0.3) is 5.91 Å². The average Bonchev–Trinajstić information content (AvgIpc) is 2.49. The highest BCUT2D eigenvalue weighted by atomic mass is 79.9. The number of halogens is 1. The smallest absolute Gasteiger partial charge is 0.251 e. The van der Waals surface area contributed by atoms with Crippen molar-refractivity contribution in [3.63, 3.8) is 0 Å². The SMILES string of the molecule is COc1cc(C(=O)NC2CCC(N)CC2)cc(OC)c1Br. The number of benzene rings is 1. The van der Waals surface area contributed by atoms with Gasteiger partial charge in [0.2, 0.25) is 0 Å². The Morgan fingerprint density at radius 3 is 2.19 bits per heavy atom. The number of hydrogen-bond acceptors (Lipinski definition) is 4. The fourth-order valence-corrected chi connectivity index (χ4v) is 3.09. The number of methoxy groups -OCH3 is 2. The largest absolute Gasteiger partial charge is 0.495 e. The molecule has 0 spiro atoms. The highest BCUT2D eigenvalue weighted by Crippen LogP contribution is 2.35. The van der Waals surface area contributed by atoms with E-state index in [4.69, 9.17) is 15.2 Å². The van der Waals surface area contributed by atoms with Crippen LogP contribution in [-0.4, -0.2) is 32.2 Å². The molecule has 1 aromatic rings. The van der Waals surface area contributed by atoms with Crippen molar-refractivity contribution in [3.8, 4) is 11.5 Å². The van der Waals surface area contributed by atoms with Crippen molar-refractivity contribution in [1.82, 2.24) is 5.32 Å². The Morgan fingerprint density at radius 1 is 1.19 bits per heavy atom. The van der Waals surface area contributed by atoms with E-state index in [0.717, 1.165) is 25.7 Å². The maximum absolute atomic E-state index is 12.4. The standard InChI is InChI=1S/C15H21BrN2O3/c1-20-12-7-9(8-13(21-2)14(12)16)15(19)18-11-5-3-10(17)4-6-11/h7-8,10-11H,3-6,17H2,1-2H3,(H,18,19). The molecule has 2 rings (SSSR count). The molecule has 0 atom stereocenters. The van der Waals surface area contributed by atoms with E-state index < -0.39 is 0 Å². The molecule has 1 aromatic carbocycles. The summed E-state index contributed by atoms with van der Waals surface area (Å²) >= 11 is 3.39. The normalized spacial score (nSPS) is 21.7. The van der Waals surface area contributed by atoms with Crippen LogP contribution in [0.4, 0.5) is 0 Å². The molecule has 0 bridgehead atoms. The summed E-state index contributed by atoms with van der Waals surface area (Å²) in [6.45, 7) is 0. The first kappa shape index (κ1) is 16.1. The van der Waals surface area contributed by atoms with Crippen molar-refractivity contribution in [2.45, 2.75) is 37.8 Å². The number of ether oxygens (including phenoxy) is 2. The van der Waals surface area contributed by atoms with Gasteiger partial charge in [0, 0.05) is 17.6 Å². The molecule has 0 unspecified atom stereocenters. The zero-order chi connectivity index (χ0) is 15.4. The molecule has 21 heavy (non-hydrogen) atoms. The molecular weight excluding hydrogens is 336 g/mol. The highest BCUT2D eigenvalue weighted by molar-refractivity contribution is 9.10. The molecule has 1 saturated carbocycles. The molecule has 116 valence electrons. The summed E-state index contributed by atoms with van der Waals surface area (Å²) in [6.07, 6.45) is 3.77. The summed E-state index contributed by atoms with van der Waals surface area (Å²) in [7, 11) is 3.12. The van der Waals surface area contributed by atoms with Crippen LogP contribution in [0.3, 0.4) is 0 Å². The fourth-order valence-electron chi connectivity index (χ4n) is 2.53. The topological polar surface area (TPSA) is 73.6 Å². The molecular formula is C15H21BrN2O3. The van der Waals surface area contributed by atoms with E-state index in [2.05, 4.69) is 21.2 Å². The number of carbonyl (C=O) groups excluding carboxylic acids is 1. The van der Waals surface area contributed by atoms with E-state index in [-0.39, 0.29) is 18.0 Å². The van der Waals surface area contributed by atoms with Crippen molar-refractivity contribution in [2.24, 2.45) is 5.73 Å². The molecule has 1 aliphatic carbocycles. The minimum Gasteiger partial charge on any atom is -0.495 e. The Bertz CT molecular complexity index is 489. The minimum atomic E-state index is -0.112. The summed E-state index contributed by atoms with van der Waals surface area (Å²) in [5.41, 5.74) is 6.41. The van der Waals surface area contributed by atoms with Gasteiger partial charge < -0.3 is 20.5 Å². The molecule has 1 fully saturated rings. The van der Waals surface area contributed by atoms with Crippen molar-refractivity contribution < 1.29 is 14.3 Å². The summed E-state index contributed by atoms with van der Waals surface area (Å²) in [5.74, 6) is 1.04. The van der Waals surface area contributed by atoms with Crippen molar-refractivity contribution in [2.75, 3.05) is 14.2 Å². The zero-order valence-electron chi connectivity index (χ0n) is 12.3. The van der Waals surface area contributed by atoms with Crippen LogP contribution < -0.4 is 20.5 Å². The fraction of sp³-hybridized carbons (Fsp3) is 0.533. The number of nitrogens with one attached hydrogen (secondary N) is 1. The van der Waals surface area contributed by atoms with Gasteiger partial charge in [-0.25, -0.2) is 0 Å². The Labute approximate surface area is 133 Å². The van der Waals surface area contributed by atoms with Gasteiger partial charge in [0.05, 0.1) is 14.2 Å². The molecule has 6 heteroatoms. The highest BCUT2D eigenvalue weighted by Gasteiger charge is 2.21. The van der Waals surface area contributed by atoms with E-state index in [1.165, 1.54) is 0 Å². The van der Waals surface area contributed by atoms with Gasteiger partial charge in [-0.15, -0.1) is 0 Å². The van der Waals surface area contributed by atoms with Gasteiger partial charge in [-0.1, -0.05) is 0 Å². The number of amides is 1. The van der Waals surface area contributed by atoms with Crippen molar-refractivity contribution in [3.05, 3.63) is 22.2 Å². The molecule has 0 radical (unpaired) electrons. The van der Waals surface area contributed by atoms with Crippen LogP contribution in [-0.2, 0) is 0 Å². The summed E-state index contributed by atoms with van der Waals surface area (Å²) in [6, 6.07) is 3.87. The molecule has 0 saturated heterocycles. The molecule has 5 nitrogen and oxygen atoms in total. The summed E-state index contributed by atoms with van der Waals surface area (Å²) < 4.78 is 11.2. The first-order valence-corrected chi connectivity index (χ1v) is 7.82. The number of nitrogens with two attached hydrogens (primary N) is 1. The maximum atomic E-state index is 12.4. The Hall–Kier alpha value is -1.27. The van der Waals surface area contributed by atoms with E-state index in [0.29, 0.717) is 21.5 Å². The van der Waals surface area contributed by atoms with Crippen molar-refractivity contribution >= 4 is 21.8 Å². The quantitative estimate of drug-likeness (QED) is 0.868. The Balaban J connectivity index is 2.11. The van der Waals surface area contributed by atoms with Crippen LogP contribution in [0.2, 0.25) is 0 Å². The van der Waals surface area contributed by atoms with Crippen LogP contribution in [0.5, 0.6) is 11.5 Å². The van der Waals surface area contributed by atoms with E-state index in [9.17, 15) is 4.79 Å². The lowest BCUT2D eigenvalue weighted by Crippen LogP contribution is -2.40. The van der Waals surface area contributed by atoms with Gasteiger partial charge in [0.1, 0.15) is 16.0 Å². The van der Waals surface area contributed by atoms with E-state index in [1.807, 2.05) is 0 Å². The van der Waals surface area contributed by atoms with E-state index >= 15 is 0 Å². The Kier molecular flexibility index (Phi) is 5.47. The van der Waals surface area contributed by atoms with Gasteiger partial charge in [0.15, 0.2) is 0 Å². The lowest BCUT2D eigenvalue weighted by Gasteiger charge is -2.27. The van der Waals surface area contributed by atoms with E-state index in [1.54, 1.807) is 26.4 Å². The molecule has 0 aliphatic heterocycles. The first-order valence-electron chi connectivity index (χ1n) is 7.03. The molecule has 0 aromatic heterocycles. The number of rotatable bonds is 4. The lowest BCUT2D eigenvalue weighted by molar-refractivity contribution is 0.0925.